The number of aromatic nitrogens is 1. The van der Waals surface area contributed by atoms with Crippen molar-refractivity contribution in [3.8, 4) is 17.4 Å². The molecule has 1 aliphatic carbocycles. The molecule has 0 saturated heterocycles. The zero-order valence-electron chi connectivity index (χ0n) is 21.3. The molecule has 0 atom stereocenters. The lowest BCUT2D eigenvalue weighted by Crippen LogP contribution is -2.44. The average molecular weight is 558 g/mol. The van der Waals surface area contributed by atoms with Crippen LogP contribution < -0.4 is 20.1 Å². The molecule has 0 unspecified atom stereocenters. The van der Waals surface area contributed by atoms with E-state index < -0.39 is 17.5 Å². The van der Waals surface area contributed by atoms with Crippen molar-refractivity contribution >= 4 is 23.6 Å². The van der Waals surface area contributed by atoms with E-state index in [2.05, 4.69) is 15.6 Å². The average Bonchev–Trinajstić information content (AvgIpc) is 2.95. The zero-order valence-corrected chi connectivity index (χ0v) is 22.1. The van der Waals surface area contributed by atoms with E-state index in [0.717, 1.165) is 12.3 Å². The molecular weight excluding hydrogens is 528 g/mol. The Morgan fingerprint density at radius 3 is 2.33 bits per heavy atom. The highest BCUT2D eigenvalue weighted by Crippen LogP contribution is 2.29. The molecule has 3 aromatic rings. The maximum atomic E-state index is 14.0. The van der Waals surface area contributed by atoms with Gasteiger partial charge in [0.15, 0.2) is 0 Å². The summed E-state index contributed by atoms with van der Waals surface area (Å²) >= 11 is 1.21. The van der Waals surface area contributed by atoms with Gasteiger partial charge in [0.1, 0.15) is 35.3 Å². The fourth-order valence-electron chi connectivity index (χ4n) is 4.33. The van der Waals surface area contributed by atoms with E-state index in [1.54, 1.807) is 30.5 Å². The lowest BCUT2D eigenvalue weighted by molar-refractivity contribution is 0.0887. The highest BCUT2D eigenvalue weighted by Gasteiger charge is 2.26. The number of carbonyl (C=O) groups is 2. The molecule has 0 spiro atoms. The Hall–Kier alpha value is -3.70. The molecule has 3 N–H and O–H groups in total. The van der Waals surface area contributed by atoms with Gasteiger partial charge in [0.25, 0.3) is 11.8 Å². The summed E-state index contributed by atoms with van der Waals surface area (Å²) in [5, 5.41) is 14.9. The third-order valence-electron chi connectivity index (χ3n) is 6.28. The molecule has 2 aromatic carbocycles. The third-order valence-corrected chi connectivity index (χ3v) is 7.03. The highest BCUT2D eigenvalue weighted by atomic mass is 32.2. The number of benzene rings is 2. The van der Waals surface area contributed by atoms with Gasteiger partial charge < -0.3 is 25.2 Å². The van der Waals surface area contributed by atoms with E-state index in [1.807, 2.05) is 0 Å². The molecule has 1 fully saturated rings. The number of para-hydroxylation sites is 1. The van der Waals surface area contributed by atoms with Crippen molar-refractivity contribution in [3.05, 3.63) is 77.5 Å². The SMILES string of the molecule is CSc1cc(Oc2ncc(F)cc2C(=O)NC2CCC(NC(=O)c3ccccc3OCCO)CC2)ccc1F. The van der Waals surface area contributed by atoms with Gasteiger partial charge in [-0.15, -0.1) is 11.8 Å². The lowest BCUT2D eigenvalue weighted by Gasteiger charge is -2.30. The quantitative estimate of drug-likeness (QED) is 0.310. The van der Waals surface area contributed by atoms with E-state index in [4.69, 9.17) is 14.6 Å². The molecule has 2 amide bonds. The molecule has 1 heterocycles. The first-order chi connectivity index (χ1) is 18.9. The number of aliphatic hydroxyl groups excluding tert-OH is 1. The number of amides is 2. The van der Waals surface area contributed by atoms with Crippen LogP contribution in [0.15, 0.2) is 59.6 Å². The van der Waals surface area contributed by atoms with Gasteiger partial charge in [0.2, 0.25) is 5.88 Å². The van der Waals surface area contributed by atoms with Gasteiger partial charge in [0.05, 0.1) is 18.4 Å². The van der Waals surface area contributed by atoms with E-state index in [9.17, 15) is 18.4 Å². The van der Waals surface area contributed by atoms with Crippen molar-refractivity contribution in [1.29, 1.82) is 0 Å². The smallest absolute Gasteiger partial charge is 0.257 e. The number of carbonyl (C=O) groups excluding carboxylic acids is 2. The van der Waals surface area contributed by atoms with E-state index in [-0.39, 0.29) is 48.4 Å². The van der Waals surface area contributed by atoms with Crippen LogP contribution in [-0.2, 0) is 0 Å². The Bertz CT molecular complexity index is 1320. The Morgan fingerprint density at radius 2 is 1.67 bits per heavy atom. The summed E-state index contributed by atoms with van der Waals surface area (Å²) in [5.41, 5.74) is 0.318. The largest absolute Gasteiger partial charge is 0.490 e. The summed E-state index contributed by atoms with van der Waals surface area (Å²) in [7, 11) is 0. The summed E-state index contributed by atoms with van der Waals surface area (Å²) in [6, 6.07) is 11.8. The Morgan fingerprint density at radius 1 is 1.00 bits per heavy atom. The minimum Gasteiger partial charge on any atom is -0.490 e. The molecule has 39 heavy (non-hydrogen) atoms. The number of rotatable bonds is 10. The standard InChI is InChI=1S/C28H29F2N3O5S/c1-39-25-15-20(10-11-23(25)30)38-28-22(14-17(29)16-31-28)27(36)33-19-8-6-18(7-9-19)32-26(35)21-4-2-3-5-24(21)37-13-12-34/h2-5,10-11,14-16,18-19,34H,6-9,12-13H2,1H3,(H,32,35)(H,33,36). The number of hydrogen-bond donors (Lipinski definition) is 3. The van der Waals surface area contributed by atoms with E-state index in [0.29, 0.717) is 41.9 Å². The molecule has 0 bridgehead atoms. The van der Waals surface area contributed by atoms with Crippen LogP contribution in [0.2, 0.25) is 0 Å². The van der Waals surface area contributed by atoms with Crippen LogP contribution in [0.3, 0.4) is 0 Å². The monoisotopic (exact) mass is 557 g/mol. The number of aliphatic hydroxyl groups is 1. The van der Waals surface area contributed by atoms with Crippen LogP contribution in [-0.4, -0.2) is 53.5 Å². The molecule has 1 aromatic heterocycles. The maximum absolute atomic E-state index is 14.0. The van der Waals surface area contributed by atoms with Crippen molar-refractivity contribution in [3.63, 3.8) is 0 Å². The molecular formula is C28H29F2N3O5S. The second kappa shape index (κ2) is 13.4. The van der Waals surface area contributed by atoms with E-state index in [1.165, 1.54) is 30.0 Å². The number of nitrogens with one attached hydrogen (secondary N) is 2. The number of pyridine rings is 1. The van der Waals surface area contributed by atoms with Gasteiger partial charge in [-0.1, -0.05) is 12.1 Å². The first-order valence-corrected chi connectivity index (χ1v) is 13.7. The van der Waals surface area contributed by atoms with Crippen LogP contribution >= 0.6 is 11.8 Å². The first kappa shape index (κ1) is 28.3. The van der Waals surface area contributed by atoms with Crippen molar-refractivity contribution in [2.45, 2.75) is 42.7 Å². The van der Waals surface area contributed by atoms with Gasteiger partial charge in [-0.2, -0.15) is 0 Å². The van der Waals surface area contributed by atoms with Gasteiger partial charge in [-0.25, -0.2) is 13.8 Å². The Labute approximate surface area is 229 Å². The molecule has 4 rings (SSSR count). The van der Waals surface area contributed by atoms with Gasteiger partial charge in [-0.05, 0) is 68.3 Å². The number of ether oxygens (including phenoxy) is 2. The minimum absolute atomic E-state index is 0.0695. The summed E-state index contributed by atoms with van der Waals surface area (Å²) in [5.74, 6) is -1.31. The second-order valence-electron chi connectivity index (χ2n) is 8.97. The van der Waals surface area contributed by atoms with E-state index >= 15 is 0 Å². The molecule has 206 valence electrons. The number of nitrogens with zero attached hydrogens (tertiary/aromatic N) is 1. The fourth-order valence-corrected chi connectivity index (χ4v) is 4.83. The molecule has 1 aliphatic rings. The molecule has 11 heteroatoms. The van der Waals surface area contributed by atoms with Crippen LogP contribution in [0.5, 0.6) is 17.4 Å². The van der Waals surface area contributed by atoms with Crippen LogP contribution in [0, 0.1) is 11.6 Å². The number of halogens is 2. The molecule has 8 nitrogen and oxygen atoms in total. The van der Waals surface area contributed by atoms with Crippen molar-refractivity contribution in [2.75, 3.05) is 19.5 Å². The topological polar surface area (TPSA) is 110 Å². The Kier molecular flexibility index (Phi) is 9.72. The lowest BCUT2D eigenvalue weighted by atomic mass is 9.90. The predicted octanol–water partition coefficient (Wildman–Crippen LogP) is 4.72. The zero-order chi connectivity index (χ0) is 27.8. The maximum Gasteiger partial charge on any atom is 0.257 e. The fraction of sp³-hybridized carbons (Fsp3) is 0.321. The normalized spacial score (nSPS) is 16.8. The molecule has 1 saturated carbocycles. The molecule has 0 aliphatic heterocycles. The number of thioether (sulfide) groups is 1. The van der Waals surface area contributed by atoms with Gasteiger partial charge >= 0.3 is 0 Å². The minimum atomic E-state index is -0.689. The summed E-state index contributed by atoms with van der Waals surface area (Å²) < 4.78 is 39.0. The number of hydrogen-bond acceptors (Lipinski definition) is 7. The summed E-state index contributed by atoms with van der Waals surface area (Å²) in [6.45, 7) is -0.0678. The van der Waals surface area contributed by atoms with Crippen LogP contribution in [0.25, 0.3) is 0 Å². The summed E-state index contributed by atoms with van der Waals surface area (Å²) in [4.78, 5) is 30.2. The third kappa shape index (κ3) is 7.45. The van der Waals surface area contributed by atoms with Crippen LogP contribution in [0.4, 0.5) is 8.78 Å². The Balaban J connectivity index is 1.35. The van der Waals surface area contributed by atoms with Gasteiger partial charge in [-0.3, -0.25) is 9.59 Å². The predicted molar refractivity (Wildman–Crippen MR) is 142 cm³/mol. The summed E-state index contributed by atoms with van der Waals surface area (Å²) in [6.07, 6.45) is 5.15. The van der Waals surface area contributed by atoms with Crippen LogP contribution in [0.1, 0.15) is 46.4 Å². The van der Waals surface area contributed by atoms with Crippen molar-refractivity contribution < 1.29 is 33.0 Å². The van der Waals surface area contributed by atoms with Crippen molar-refractivity contribution in [1.82, 2.24) is 15.6 Å². The second-order valence-corrected chi connectivity index (χ2v) is 9.82. The molecule has 0 radical (unpaired) electrons. The van der Waals surface area contributed by atoms with Gasteiger partial charge in [0, 0.05) is 17.0 Å². The first-order valence-electron chi connectivity index (χ1n) is 12.5. The highest BCUT2D eigenvalue weighted by molar-refractivity contribution is 7.98. The van der Waals surface area contributed by atoms with Crippen molar-refractivity contribution in [2.24, 2.45) is 0 Å².